The number of hydrogen-bond acceptors (Lipinski definition) is 5. The number of nitrogens with zero attached hydrogens (tertiary/aromatic N) is 3. The fraction of sp³-hybridized carbons (Fsp3) is 0.720. The summed E-state index contributed by atoms with van der Waals surface area (Å²) in [5, 5.41) is 6.76. The molecular formula is C25H44IN5O2. The van der Waals surface area contributed by atoms with E-state index in [0.29, 0.717) is 12.5 Å². The molecule has 2 N–H and O–H groups in total. The largest absolute Gasteiger partial charge is 0.381 e. The summed E-state index contributed by atoms with van der Waals surface area (Å²) in [5.74, 6) is 1.54. The lowest BCUT2D eigenvalue weighted by Gasteiger charge is -2.32. The number of aliphatic imine (C=N–C) groups is 1. The fourth-order valence-corrected chi connectivity index (χ4v) is 4.07. The van der Waals surface area contributed by atoms with Gasteiger partial charge in [-0.1, -0.05) is 24.3 Å². The minimum Gasteiger partial charge on any atom is -0.381 e. The second-order valence-electron chi connectivity index (χ2n) is 9.00. The second kappa shape index (κ2) is 16.6. The molecule has 7 nitrogen and oxygen atoms in total. The van der Waals surface area contributed by atoms with Gasteiger partial charge in [0, 0.05) is 72.2 Å². The molecule has 2 fully saturated rings. The van der Waals surface area contributed by atoms with Gasteiger partial charge in [0.25, 0.3) is 0 Å². The quantitative estimate of drug-likeness (QED) is 0.184. The normalized spacial score (nSPS) is 18.7. The highest BCUT2D eigenvalue weighted by Gasteiger charge is 2.14. The Kier molecular flexibility index (Phi) is 14.3. The molecule has 0 spiro atoms. The highest BCUT2D eigenvalue weighted by Crippen LogP contribution is 2.14. The van der Waals surface area contributed by atoms with E-state index in [9.17, 15) is 0 Å². The van der Waals surface area contributed by atoms with E-state index < -0.39 is 0 Å². The molecule has 188 valence electrons. The average Bonchev–Trinajstić information content (AvgIpc) is 2.82. The van der Waals surface area contributed by atoms with Crippen molar-refractivity contribution in [3.8, 4) is 0 Å². The van der Waals surface area contributed by atoms with E-state index in [4.69, 9.17) is 14.5 Å². The maximum Gasteiger partial charge on any atom is 0.191 e. The molecule has 0 atom stereocenters. The minimum atomic E-state index is 0. The first-order valence-corrected chi connectivity index (χ1v) is 12.4. The van der Waals surface area contributed by atoms with Gasteiger partial charge in [0.2, 0.25) is 0 Å². The van der Waals surface area contributed by atoms with Crippen LogP contribution in [0.1, 0.15) is 37.3 Å². The predicted octanol–water partition coefficient (Wildman–Crippen LogP) is 2.94. The minimum absolute atomic E-state index is 0. The lowest BCUT2D eigenvalue weighted by molar-refractivity contribution is 0.0203. The van der Waals surface area contributed by atoms with Crippen molar-refractivity contribution in [1.29, 1.82) is 0 Å². The molecule has 0 saturated carbocycles. The summed E-state index contributed by atoms with van der Waals surface area (Å²) in [6.45, 7) is 13.6. The molecule has 0 unspecified atom stereocenters. The maximum absolute atomic E-state index is 5.85. The number of piperazine rings is 1. The van der Waals surface area contributed by atoms with Crippen LogP contribution in [-0.2, 0) is 22.6 Å². The van der Waals surface area contributed by atoms with Gasteiger partial charge in [0.1, 0.15) is 0 Å². The van der Waals surface area contributed by atoms with Crippen LogP contribution in [0.4, 0.5) is 0 Å². The number of benzene rings is 1. The Morgan fingerprint density at radius 1 is 1.06 bits per heavy atom. The molecule has 0 bridgehead atoms. The molecule has 0 aromatic heterocycles. The van der Waals surface area contributed by atoms with Gasteiger partial charge in [-0.15, -0.1) is 24.0 Å². The van der Waals surface area contributed by atoms with E-state index in [-0.39, 0.29) is 24.0 Å². The number of rotatable bonds is 11. The molecule has 2 aliphatic heterocycles. The third kappa shape index (κ3) is 11.4. The van der Waals surface area contributed by atoms with Crippen molar-refractivity contribution in [2.75, 3.05) is 72.7 Å². The lowest BCUT2D eigenvalue weighted by Crippen LogP contribution is -2.43. The summed E-state index contributed by atoms with van der Waals surface area (Å²) in [6.07, 6.45) is 3.24. The zero-order chi connectivity index (χ0) is 22.4. The Hall–Kier alpha value is -0.940. The Bertz CT molecular complexity index is 659. The number of hydrogen-bond donors (Lipinski definition) is 2. The molecule has 1 aromatic rings. The molecule has 1 aromatic carbocycles. The van der Waals surface area contributed by atoms with Crippen molar-refractivity contribution in [1.82, 2.24) is 20.4 Å². The summed E-state index contributed by atoms with van der Waals surface area (Å²) in [7, 11) is 2.20. The molecule has 33 heavy (non-hydrogen) atoms. The van der Waals surface area contributed by atoms with E-state index >= 15 is 0 Å². The smallest absolute Gasteiger partial charge is 0.191 e. The molecular weight excluding hydrogens is 529 g/mol. The first-order chi connectivity index (χ1) is 15.7. The Morgan fingerprint density at radius 3 is 2.45 bits per heavy atom. The Labute approximate surface area is 217 Å². The van der Waals surface area contributed by atoms with Crippen molar-refractivity contribution in [2.45, 2.75) is 39.3 Å². The summed E-state index contributed by atoms with van der Waals surface area (Å²) in [4.78, 5) is 9.68. The summed E-state index contributed by atoms with van der Waals surface area (Å²) >= 11 is 0. The Balaban J connectivity index is 0.00000385. The second-order valence-corrected chi connectivity index (χ2v) is 9.00. The van der Waals surface area contributed by atoms with Crippen molar-refractivity contribution in [3.63, 3.8) is 0 Å². The van der Waals surface area contributed by atoms with Crippen LogP contribution in [0.2, 0.25) is 0 Å². The summed E-state index contributed by atoms with van der Waals surface area (Å²) in [6, 6.07) is 8.92. The van der Waals surface area contributed by atoms with Crippen molar-refractivity contribution < 1.29 is 9.47 Å². The van der Waals surface area contributed by atoms with Gasteiger partial charge in [-0.2, -0.15) is 0 Å². The van der Waals surface area contributed by atoms with E-state index in [1.54, 1.807) is 0 Å². The Morgan fingerprint density at radius 2 is 1.76 bits per heavy atom. The van der Waals surface area contributed by atoms with E-state index in [1.807, 2.05) is 0 Å². The van der Waals surface area contributed by atoms with Gasteiger partial charge < -0.3 is 25.0 Å². The van der Waals surface area contributed by atoms with Gasteiger partial charge in [-0.25, -0.2) is 4.99 Å². The lowest BCUT2D eigenvalue weighted by atomic mass is 10.0. The van der Waals surface area contributed by atoms with Gasteiger partial charge in [-0.05, 0) is 50.3 Å². The van der Waals surface area contributed by atoms with Gasteiger partial charge in [0.15, 0.2) is 5.96 Å². The molecule has 3 rings (SSSR count). The monoisotopic (exact) mass is 573 g/mol. The molecule has 2 aliphatic rings. The topological polar surface area (TPSA) is 61.4 Å². The number of halogens is 1. The van der Waals surface area contributed by atoms with Crippen molar-refractivity contribution in [2.24, 2.45) is 10.9 Å². The van der Waals surface area contributed by atoms with Crippen LogP contribution in [0.15, 0.2) is 29.3 Å². The zero-order valence-electron chi connectivity index (χ0n) is 20.6. The summed E-state index contributed by atoms with van der Waals surface area (Å²) in [5.41, 5.74) is 2.62. The molecule has 8 heteroatoms. The molecule has 2 saturated heterocycles. The van der Waals surface area contributed by atoms with Crippen LogP contribution in [-0.4, -0.2) is 88.5 Å². The van der Waals surface area contributed by atoms with Gasteiger partial charge in [0.05, 0.1) is 6.54 Å². The SMILES string of the molecule is CCNC(=NCc1ccc(CN2CCN(C)CC2)cc1)NCCCOCC1CCOCC1.I. The van der Waals surface area contributed by atoms with Crippen molar-refractivity contribution >= 4 is 29.9 Å². The molecule has 2 heterocycles. The fourth-order valence-electron chi connectivity index (χ4n) is 4.07. The first-order valence-electron chi connectivity index (χ1n) is 12.4. The van der Waals surface area contributed by atoms with E-state index in [2.05, 4.69) is 58.7 Å². The van der Waals surface area contributed by atoms with Gasteiger partial charge >= 0.3 is 0 Å². The van der Waals surface area contributed by atoms with E-state index in [1.165, 1.54) is 11.1 Å². The maximum atomic E-state index is 5.85. The number of likely N-dealkylation sites (N-methyl/N-ethyl adjacent to an activating group) is 1. The van der Waals surface area contributed by atoms with Gasteiger partial charge in [-0.3, -0.25) is 4.90 Å². The van der Waals surface area contributed by atoms with Crippen LogP contribution in [0.25, 0.3) is 0 Å². The van der Waals surface area contributed by atoms with E-state index in [0.717, 1.165) is 97.5 Å². The summed E-state index contributed by atoms with van der Waals surface area (Å²) < 4.78 is 11.3. The zero-order valence-corrected chi connectivity index (χ0v) is 22.9. The molecule has 0 radical (unpaired) electrons. The number of ether oxygens (including phenoxy) is 2. The third-order valence-corrected chi connectivity index (χ3v) is 6.24. The van der Waals surface area contributed by atoms with Crippen LogP contribution >= 0.6 is 24.0 Å². The third-order valence-electron chi connectivity index (χ3n) is 6.24. The highest BCUT2D eigenvalue weighted by molar-refractivity contribution is 14.0. The standard InChI is InChI=1S/C25H43N5O2.HI/c1-3-26-25(27-11-4-16-32-21-24-9-17-31-18-10-24)28-19-22-5-7-23(8-6-22)20-30-14-12-29(2)13-15-30;/h5-8,24H,3-4,9-21H2,1-2H3,(H2,26,27,28);1H. The first kappa shape index (κ1) is 28.3. The number of guanidine groups is 1. The van der Waals surface area contributed by atoms with Crippen LogP contribution < -0.4 is 10.6 Å². The average molecular weight is 574 g/mol. The van der Waals surface area contributed by atoms with Crippen LogP contribution in [0.3, 0.4) is 0 Å². The van der Waals surface area contributed by atoms with Crippen molar-refractivity contribution in [3.05, 3.63) is 35.4 Å². The van der Waals surface area contributed by atoms with Crippen LogP contribution in [0, 0.1) is 5.92 Å². The number of nitrogens with one attached hydrogen (secondary N) is 2. The molecule has 0 aliphatic carbocycles. The molecule has 0 amide bonds. The predicted molar refractivity (Wildman–Crippen MR) is 146 cm³/mol. The highest BCUT2D eigenvalue weighted by atomic mass is 127. The van der Waals surface area contributed by atoms with Crippen LogP contribution in [0.5, 0.6) is 0 Å².